The minimum Gasteiger partial charge on any atom is -0.389 e. The maximum Gasteiger partial charge on any atom is 0.263 e. The van der Waals surface area contributed by atoms with Gasteiger partial charge in [-0.25, -0.2) is 12.8 Å². The van der Waals surface area contributed by atoms with Crippen LogP contribution in [0.15, 0.2) is 41.6 Å². The Morgan fingerprint density at radius 2 is 2.10 bits per heavy atom. The van der Waals surface area contributed by atoms with Crippen molar-refractivity contribution in [3.63, 3.8) is 0 Å². The smallest absolute Gasteiger partial charge is 0.263 e. The first-order valence-corrected chi connectivity index (χ1v) is 7.80. The summed E-state index contributed by atoms with van der Waals surface area (Å²) >= 11 is 10.7. The van der Waals surface area contributed by atoms with Gasteiger partial charge in [-0.3, -0.25) is 9.71 Å². The van der Waals surface area contributed by atoms with Crippen LogP contribution in [-0.2, 0) is 10.0 Å². The van der Waals surface area contributed by atoms with Crippen LogP contribution in [0, 0.1) is 5.82 Å². The maximum atomic E-state index is 13.5. The minimum absolute atomic E-state index is 0.0261. The third-order valence-corrected chi connectivity index (χ3v) is 4.60. The quantitative estimate of drug-likeness (QED) is 0.830. The van der Waals surface area contributed by atoms with Crippen LogP contribution in [-0.4, -0.2) is 18.4 Å². The molecule has 0 saturated heterocycles. The van der Waals surface area contributed by atoms with Crippen molar-refractivity contribution in [1.82, 2.24) is 4.98 Å². The van der Waals surface area contributed by atoms with Gasteiger partial charge in [-0.05, 0) is 18.2 Å². The van der Waals surface area contributed by atoms with Crippen molar-refractivity contribution in [2.75, 3.05) is 4.72 Å². The highest BCUT2D eigenvalue weighted by Gasteiger charge is 2.20. The van der Waals surface area contributed by atoms with Gasteiger partial charge in [-0.15, -0.1) is 0 Å². The number of anilines is 1. The van der Waals surface area contributed by atoms with E-state index in [2.05, 4.69) is 9.71 Å². The molecule has 0 spiro atoms. The number of hydrogen-bond acceptors (Lipinski definition) is 4. The van der Waals surface area contributed by atoms with Gasteiger partial charge in [-0.1, -0.05) is 29.9 Å². The molecule has 2 rings (SSSR count). The van der Waals surface area contributed by atoms with Crippen LogP contribution in [0.4, 0.5) is 10.1 Å². The summed E-state index contributed by atoms with van der Waals surface area (Å²) in [6, 6.07) is 5.27. The second-order valence-electron chi connectivity index (χ2n) is 3.97. The van der Waals surface area contributed by atoms with E-state index in [0.29, 0.717) is 5.56 Å². The summed E-state index contributed by atoms with van der Waals surface area (Å²) < 4.78 is 40.1. The lowest BCUT2D eigenvalue weighted by molar-refractivity contribution is 0.598. The number of nitrogens with one attached hydrogen (secondary N) is 1. The fraction of sp³-hybridized carbons (Fsp3) is 0. The molecule has 1 heterocycles. The number of nitrogens with zero attached hydrogens (tertiary/aromatic N) is 1. The number of sulfonamides is 1. The third-order valence-electron chi connectivity index (χ3n) is 2.52. The topological polar surface area (TPSA) is 85.1 Å². The van der Waals surface area contributed by atoms with Gasteiger partial charge < -0.3 is 5.73 Å². The lowest BCUT2D eigenvalue weighted by Crippen LogP contribution is -2.16. The van der Waals surface area contributed by atoms with Crippen LogP contribution in [0.3, 0.4) is 0 Å². The van der Waals surface area contributed by atoms with Gasteiger partial charge in [-0.2, -0.15) is 0 Å². The Morgan fingerprint density at radius 1 is 1.38 bits per heavy atom. The molecule has 0 radical (unpaired) electrons. The number of aromatic nitrogens is 1. The average Bonchev–Trinajstić information content (AvgIpc) is 2.41. The molecule has 1 aromatic heterocycles. The van der Waals surface area contributed by atoms with E-state index in [1.165, 1.54) is 30.5 Å². The average molecular weight is 346 g/mol. The molecule has 0 aliphatic carbocycles. The van der Waals surface area contributed by atoms with Crippen molar-refractivity contribution in [3.8, 4) is 0 Å². The predicted molar refractivity (Wildman–Crippen MR) is 82.3 cm³/mol. The first-order valence-electron chi connectivity index (χ1n) is 5.53. The SMILES string of the molecule is NC(=S)c1ccc(Cl)c(S(=O)(=O)Nc2ccncc2F)c1. The van der Waals surface area contributed by atoms with Crippen molar-refractivity contribution < 1.29 is 12.8 Å². The van der Waals surface area contributed by atoms with E-state index >= 15 is 0 Å². The summed E-state index contributed by atoms with van der Waals surface area (Å²) in [6.07, 6.45) is 2.15. The molecule has 9 heteroatoms. The van der Waals surface area contributed by atoms with Crippen LogP contribution in [0.5, 0.6) is 0 Å². The Kier molecular flexibility index (Phi) is 4.40. The van der Waals surface area contributed by atoms with Gasteiger partial charge in [0.25, 0.3) is 10.0 Å². The largest absolute Gasteiger partial charge is 0.389 e. The maximum absolute atomic E-state index is 13.5. The second kappa shape index (κ2) is 5.92. The van der Waals surface area contributed by atoms with Gasteiger partial charge >= 0.3 is 0 Å². The first-order chi connectivity index (χ1) is 9.81. The molecular formula is C12H9ClFN3O2S2. The van der Waals surface area contributed by atoms with E-state index in [1.54, 1.807) is 0 Å². The normalized spacial score (nSPS) is 11.1. The van der Waals surface area contributed by atoms with Gasteiger partial charge in [0.1, 0.15) is 9.88 Å². The number of thiocarbonyl (C=S) groups is 1. The van der Waals surface area contributed by atoms with Crippen molar-refractivity contribution in [1.29, 1.82) is 0 Å². The van der Waals surface area contributed by atoms with E-state index in [9.17, 15) is 12.8 Å². The molecule has 0 aliphatic heterocycles. The molecule has 0 fully saturated rings. The number of rotatable bonds is 4. The second-order valence-corrected chi connectivity index (χ2v) is 6.47. The van der Waals surface area contributed by atoms with E-state index in [-0.39, 0.29) is 20.6 Å². The van der Waals surface area contributed by atoms with E-state index < -0.39 is 15.8 Å². The number of pyridine rings is 1. The predicted octanol–water partition coefficient (Wildman–Crippen LogP) is 2.31. The number of nitrogens with two attached hydrogens (primary N) is 1. The highest BCUT2D eigenvalue weighted by molar-refractivity contribution is 7.92. The zero-order chi connectivity index (χ0) is 15.6. The van der Waals surface area contributed by atoms with Crippen molar-refractivity contribution >= 4 is 44.5 Å². The van der Waals surface area contributed by atoms with E-state index in [4.69, 9.17) is 29.6 Å². The van der Waals surface area contributed by atoms with E-state index in [0.717, 1.165) is 6.20 Å². The molecule has 0 unspecified atom stereocenters. The van der Waals surface area contributed by atoms with Gasteiger partial charge in [0.15, 0.2) is 5.82 Å². The number of benzene rings is 1. The van der Waals surface area contributed by atoms with Gasteiger partial charge in [0.05, 0.1) is 16.9 Å². The molecule has 0 atom stereocenters. The highest BCUT2D eigenvalue weighted by atomic mass is 35.5. The van der Waals surface area contributed by atoms with Gasteiger partial charge in [0.2, 0.25) is 0 Å². The monoisotopic (exact) mass is 345 g/mol. The fourth-order valence-electron chi connectivity index (χ4n) is 1.52. The Balaban J connectivity index is 2.47. The van der Waals surface area contributed by atoms with Crippen LogP contribution >= 0.6 is 23.8 Å². The molecule has 3 N–H and O–H groups in total. The lowest BCUT2D eigenvalue weighted by Gasteiger charge is -2.11. The Labute approximate surface area is 131 Å². The molecule has 0 aliphatic rings. The molecule has 110 valence electrons. The van der Waals surface area contributed by atoms with Gasteiger partial charge in [0, 0.05) is 11.8 Å². The molecule has 5 nitrogen and oxygen atoms in total. The minimum atomic E-state index is -4.09. The third kappa shape index (κ3) is 3.46. The zero-order valence-electron chi connectivity index (χ0n) is 10.4. The van der Waals surface area contributed by atoms with E-state index in [1.807, 2.05) is 0 Å². The van der Waals surface area contributed by atoms with Crippen molar-refractivity contribution in [3.05, 3.63) is 53.1 Å². The standard InChI is InChI=1S/C12H9ClFN3O2S2/c13-8-2-1-7(12(15)20)5-11(8)21(18,19)17-10-3-4-16-6-9(10)14/h1-6H,(H2,15,20)(H,16,17). The lowest BCUT2D eigenvalue weighted by atomic mass is 10.2. The molecule has 21 heavy (non-hydrogen) atoms. The van der Waals surface area contributed by atoms with Crippen LogP contribution in [0.1, 0.15) is 5.56 Å². The number of hydrogen-bond donors (Lipinski definition) is 2. The van der Waals surface area contributed by atoms with Crippen LogP contribution in [0.25, 0.3) is 0 Å². The summed E-state index contributed by atoms with van der Waals surface area (Å²) in [7, 11) is -4.09. The Bertz CT molecular complexity index is 812. The molecule has 2 aromatic rings. The Morgan fingerprint density at radius 3 is 2.71 bits per heavy atom. The zero-order valence-corrected chi connectivity index (χ0v) is 12.8. The molecule has 0 saturated carbocycles. The summed E-state index contributed by atoms with van der Waals surface area (Å²) in [5, 5.41) is -0.0306. The fourth-order valence-corrected chi connectivity index (χ4v) is 3.24. The summed E-state index contributed by atoms with van der Waals surface area (Å²) in [5.74, 6) is -0.803. The first kappa shape index (κ1) is 15.6. The van der Waals surface area contributed by atoms with Crippen LogP contribution in [0.2, 0.25) is 5.02 Å². The molecular weight excluding hydrogens is 337 g/mol. The number of halogens is 2. The van der Waals surface area contributed by atoms with Crippen molar-refractivity contribution in [2.45, 2.75) is 4.90 Å². The van der Waals surface area contributed by atoms with Crippen LogP contribution < -0.4 is 10.5 Å². The molecule has 0 amide bonds. The Hall–Kier alpha value is -1.77. The molecule has 1 aromatic carbocycles. The highest BCUT2D eigenvalue weighted by Crippen LogP contribution is 2.25. The summed E-state index contributed by atoms with van der Waals surface area (Å²) in [6.45, 7) is 0. The molecule has 0 bridgehead atoms. The summed E-state index contributed by atoms with van der Waals surface area (Å²) in [4.78, 5) is 3.31. The van der Waals surface area contributed by atoms with Crippen molar-refractivity contribution in [2.24, 2.45) is 5.73 Å². The summed E-state index contributed by atoms with van der Waals surface area (Å²) in [5.41, 5.74) is 5.56.